The summed E-state index contributed by atoms with van der Waals surface area (Å²) in [7, 11) is -2.11. The largest absolute Gasteiger partial charge is 0.480 e. The Hall–Kier alpha value is -3.65. The highest BCUT2D eigenvalue weighted by Crippen LogP contribution is 2.37. The summed E-state index contributed by atoms with van der Waals surface area (Å²) in [5.41, 5.74) is 1.69. The van der Waals surface area contributed by atoms with Gasteiger partial charge in [0.2, 0.25) is 0 Å². The fourth-order valence-corrected chi connectivity index (χ4v) is 8.84. The van der Waals surface area contributed by atoms with Crippen LogP contribution < -0.4 is 32.1 Å². The van der Waals surface area contributed by atoms with E-state index in [1.807, 2.05) is 72.8 Å². The number of carbonyl (C=O) groups is 1. The van der Waals surface area contributed by atoms with Crippen molar-refractivity contribution in [1.82, 2.24) is 15.0 Å². The summed E-state index contributed by atoms with van der Waals surface area (Å²) in [6.45, 7) is -0.285. The van der Waals surface area contributed by atoms with E-state index < -0.39 is 21.8 Å². The molecule has 172 valence electrons. The van der Waals surface area contributed by atoms with Crippen LogP contribution in [0.15, 0.2) is 121 Å². The molecule has 5 nitrogen and oxygen atoms in total. The van der Waals surface area contributed by atoms with Gasteiger partial charge in [-0.3, -0.25) is 4.79 Å². The van der Waals surface area contributed by atoms with Crippen molar-refractivity contribution in [2.24, 2.45) is 0 Å². The molecular formula is C28H23N3O2P2. The van der Waals surface area contributed by atoms with Crippen molar-refractivity contribution < 1.29 is 9.90 Å². The van der Waals surface area contributed by atoms with Gasteiger partial charge < -0.3 is 5.11 Å². The maximum atomic E-state index is 11.6. The first kappa shape index (κ1) is 23.1. The highest BCUT2D eigenvalue weighted by molar-refractivity contribution is 7.85. The maximum Gasteiger partial charge on any atom is 0.327 e. The van der Waals surface area contributed by atoms with Crippen LogP contribution in [0.3, 0.4) is 0 Å². The van der Waals surface area contributed by atoms with E-state index in [0.29, 0.717) is 0 Å². The van der Waals surface area contributed by atoms with Crippen LogP contribution in [-0.4, -0.2) is 26.1 Å². The number of aromatic nitrogens is 3. The molecule has 0 bridgehead atoms. The first-order valence-corrected chi connectivity index (χ1v) is 13.9. The lowest BCUT2D eigenvalue weighted by Crippen LogP contribution is -2.35. The molecule has 0 atom stereocenters. The number of benzene rings is 4. The molecule has 0 fully saturated rings. The summed E-state index contributed by atoms with van der Waals surface area (Å²) in [5, 5.41) is 23.8. The Kier molecular flexibility index (Phi) is 7.09. The second-order valence-corrected chi connectivity index (χ2v) is 12.0. The molecule has 5 aromatic rings. The molecule has 0 aliphatic heterocycles. The van der Waals surface area contributed by atoms with Crippen LogP contribution in [0.1, 0.15) is 0 Å². The lowest BCUT2D eigenvalue weighted by Gasteiger charge is -2.22. The molecule has 1 N–H and O–H groups in total. The zero-order valence-corrected chi connectivity index (χ0v) is 20.6. The van der Waals surface area contributed by atoms with Gasteiger partial charge in [0.1, 0.15) is 10.9 Å². The van der Waals surface area contributed by atoms with Crippen LogP contribution in [0.25, 0.3) is 0 Å². The molecule has 7 heteroatoms. The van der Waals surface area contributed by atoms with E-state index in [-0.39, 0.29) is 6.54 Å². The van der Waals surface area contributed by atoms with Gasteiger partial charge in [-0.2, -0.15) is 15.0 Å². The van der Waals surface area contributed by atoms with Crippen LogP contribution in [0, 0.1) is 0 Å². The Labute approximate surface area is 206 Å². The number of carboxylic acids is 1. The summed E-state index contributed by atoms with van der Waals surface area (Å²) in [6, 6.07) is 41.2. The van der Waals surface area contributed by atoms with E-state index in [1.54, 1.807) is 0 Å². The summed E-state index contributed by atoms with van der Waals surface area (Å²) >= 11 is 0. The molecule has 0 aliphatic rings. The number of aliphatic carboxylic acids is 1. The van der Waals surface area contributed by atoms with Crippen molar-refractivity contribution in [1.29, 1.82) is 0 Å². The fourth-order valence-electron chi connectivity index (χ4n) is 3.91. The number of carboxylic acid groups (broad SMARTS) is 1. The van der Waals surface area contributed by atoms with Gasteiger partial charge in [-0.25, -0.2) is 0 Å². The third-order valence-electron chi connectivity index (χ3n) is 5.38. The quantitative estimate of drug-likeness (QED) is 0.336. The molecule has 0 aliphatic carbocycles. The van der Waals surface area contributed by atoms with E-state index in [9.17, 15) is 9.90 Å². The summed E-state index contributed by atoms with van der Waals surface area (Å²) in [4.78, 5) is 13.0. The van der Waals surface area contributed by atoms with Gasteiger partial charge in [0.25, 0.3) is 0 Å². The molecule has 1 aromatic heterocycles. The van der Waals surface area contributed by atoms with Crippen molar-refractivity contribution in [2.45, 2.75) is 6.54 Å². The standard InChI is InChI=1S/C28H23N3O2P2/c32-26(33)21-31-29-27(34(22-13-5-1-6-14-22)23-15-7-2-8-16-23)28(30-31)35(24-17-9-3-10-18-24)25-19-11-4-12-20-25/h1-20H,21H2,(H,32,33). The number of hydrogen-bond acceptors (Lipinski definition) is 3. The molecule has 0 spiro atoms. The van der Waals surface area contributed by atoms with Gasteiger partial charge >= 0.3 is 5.97 Å². The van der Waals surface area contributed by atoms with Gasteiger partial charge in [-0.15, -0.1) is 0 Å². The highest BCUT2D eigenvalue weighted by atomic mass is 31.1. The van der Waals surface area contributed by atoms with E-state index in [4.69, 9.17) is 10.2 Å². The van der Waals surface area contributed by atoms with Crippen molar-refractivity contribution >= 4 is 53.9 Å². The van der Waals surface area contributed by atoms with E-state index in [0.717, 1.165) is 32.1 Å². The lowest BCUT2D eigenvalue weighted by atomic mass is 10.4. The molecule has 35 heavy (non-hydrogen) atoms. The van der Waals surface area contributed by atoms with Crippen LogP contribution in [0.4, 0.5) is 0 Å². The molecule has 0 amide bonds. The molecule has 0 radical (unpaired) electrons. The topological polar surface area (TPSA) is 68.0 Å². The molecule has 0 saturated carbocycles. The van der Waals surface area contributed by atoms with Gasteiger partial charge in [-0.05, 0) is 21.2 Å². The number of nitrogens with zero attached hydrogens (tertiary/aromatic N) is 3. The Morgan fingerprint density at radius 2 is 0.857 bits per heavy atom. The summed E-state index contributed by atoms with van der Waals surface area (Å²) in [6.07, 6.45) is 0. The van der Waals surface area contributed by atoms with Crippen LogP contribution in [0.2, 0.25) is 0 Å². The second kappa shape index (κ2) is 10.7. The van der Waals surface area contributed by atoms with Gasteiger partial charge in [0.15, 0.2) is 6.54 Å². The van der Waals surface area contributed by atoms with Crippen molar-refractivity contribution in [2.75, 3.05) is 0 Å². The second-order valence-electron chi connectivity index (χ2n) is 7.78. The maximum absolute atomic E-state index is 11.6. The minimum Gasteiger partial charge on any atom is -0.480 e. The number of hydrogen-bond donors (Lipinski definition) is 1. The smallest absolute Gasteiger partial charge is 0.327 e. The normalized spacial score (nSPS) is 11.1. The molecule has 4 aromatic carbocycles. The van der Waals surface area contributed by atoms with Crippen molar-refractivity contribution in [3.63, 3.8) is 0 Å². The average Bonchev–Trinajstić information content (AvgIpc) is 3.28. The molecule has 0 saturated heterocycles. The van der Waals surface area contributed by atoms with Crippen LogP contribution in [-0.2, 0) is 11.3 Å². The SMILES string of the molecule is O=C(O)Cn1nc(P(c2ccccc2)c2ccccc2)c(P(c2ccccc2)c2ccccc2)n1. The zero-order valence-electron chi connectivity index (χ0n) is 18.8. The Balaban J connectivity index is 1.77. The van der Waals surface area contributed by atoms with Crippen LogP contribution >= 0.6 is 15.8 Å². The summed E-state index contributed by atoms with van der Waals surface area (Å²) in [5.74, 6) is -0.967. The van der Waals surface area contributed by atoms with Gasteiger partial charge in [0, 0.05) is 15.8 Å². The van der Waals surface area contributed by atoms with E-state index in [2.05, 4.69) is 48.5 Å². The minimum atomic E-state index is -1.06. The van der Waals surface area contributed by atoms with E-state index >= 15 is 0 Å². The Bertz CT molecular complexity index is 1220. The van der Waals surface area contributed by atoms with Crippen molar-refractivity contribution in [3.8, 4) is 0 Å². The predicted molar refractivity (Wildman–Crippen MR) is 145 cm³/mol. The fraction of sp³-hybridized carbons (Fsp3) is 0.0357. The molecular weight excluding hydrogens is 472 g/mol. The summed E-state index contributed by atoms with van der Waals surface area (Å²) < 4.78 is 0. The molecule has 1 heterocycles. The third-order valence-corrected chi connectivity index (χ3v) is 10.3. The third kappa shape index (κ3) is 5.22. The first-order valence-electron chi connectivity index (χ1n) is 11.2. The Morgan fingerprint density at radius 3 is 1.11 bits per heavy atom. The average molecular weight is 495 g/mol. The van der Waals surface area contributed by atoms with Crippen LogP contribution in [0.5, 0.6) is 0 Å². The zero-order chi connectivity index (χ0) is 24.0. The number of rotatable bonds is 8. The minimum absolute atomic E-state index is 0.285. The Morgan fingerprint density at radius 1 is 0.571 bits per heavy atom. The molecule has 5 rings (SSSR count). The highest BCUT2D eigenvalue weighted by Gasteiger charge is 2.31. The van der Waals surface area contributed by atoms with Gasteiger partial charge in [-0.1, -0.05) is 121 Å². The van der Waals surface area contributed by atoms with Crippen molar-refractivity contribution in [3.05, 3.63) is 121 Å². The first-order chi connectivity index (χ1) is 17.2. The lowest BCUT2D eigenvalue weighted by molar-refractivity contribution is -0.138. The predicted octanol–water partition coefficient (Wildman–Crippen LogP) is 2.88. The van der Waals surface area contributed by atoms with Gasteiger partial charge in [0.05, 0.1) is 0 Å². The molecule has 0 unspecified atom stereocenters. The van der Waals surface area contributed by atoms with E-state index in [1.165, 1.54) is 4.80 Å². The monoisotopic (exact) mass is 495 g/mol.